The second kappa shape index (κ2) is 12.2. The van der Waals surface area contributed by atoms with Crippen molar-refractivity contribution in [3.8, 4) is 17.1 Å². The fourth-order valence-electron chi connectivity index (χ4n) is 3.25. The molecular weight excluding hydrogens is 412 g/mol. The van der Waals surface area contributed by atoms with Gasteiger partial charge in [0.2, 0.25) is 5.82 Å². The molecule has 0 aliphatic rings. The van der Waals surface area contributed by atoms with Gasteiger partial charge in [-0.15, -0.1) is 10.2 Å². The van der Waals surface area contributed by atoms with Gasteiger partial charge in [-0.2, -0.15) is 4.80 Å². The molecule has 1 heterocycles. The number of ketones is 1. The van der Waals surface area contributed by atoms with Crippen LogP contribution in [0.3, 0.4) is 0 Å². The summed E-state index contributed by atoms with van der Waals surface area (Å²) in [7, 11) is 0. The summed E-state index contributed by atoms with van der Waals surface area (Å²) < 4.78 is 5.62. The average molecular weight is 441 g/mol. The molecule has 0 unspecified atom stereocenters. The summed E-state index contributed by atoms with van der Waals surface area (Å²) in [6.07, 6.45) is 8.85. The highest BCUT2D eigenvalue weighted by Crippen LogP contribution is 2.17. The lowest BCUT2D eigenvalue weighted by molar-refractivity contribution is -0.122. The van der Waals surface area contributed by atoms with E-state index >= 15 is 0 Å². The van der Waals surface area contributed by atoms with Crippen LogP contribution >= 0.6 is 11.6 Å². The summed E-state index contributed by atoms with van der Waals surface area (Å²) in [6.45, 7) is 2.21. The van der Waals surface area contributed by atoms with E-state index in [1.807, 2.05) is 24.3 Å². The van der Waals surface area contributed by atoms with Gasteiger partial charge in [-0.3, -0.25) is 4.79 Å². The van der Waals surface area contributed by atoms with Gasteiger partial charge in [0.25, 0.3) is 0 Å². The Kier molecular flexibility index (Phi) is 9.03. The third-order valence-electron chi connectivity index (χ3n) is 5.02. The van der Waals surface area contributed by atoms with Gasteiger partial charge < -0.3 is 4.74 Å². The molecule has 31 heavy (non-hydrogen) atoms. The van der Waals surface area contributed by atoms with Crippen molar-refractivity contribution in [1.29, 1.82) is 0 Å². The van der Waals surface area contributed by atoms with E-state index in [0.29, 0.717) is 16.6 Å². The summed E-state index contributed by atoms with van der Waals surface area (Å²) in [5.41, 5.74) is 2.09. The maximum absolute atomic E-state index is 12.2. The summed E-state index contributed by atoms with van der Waals surface area (Å²) in [5, 5.41) is 12.8. The van der Waals surface area contributed by atoms with E-state index in [9.17, 15) is 4.79 Å². The number of benzene rings is 2. The molecule has 0 saturated carbocycles. The number of carbonyl (C=O) groups excluding carboxylic acids is 1. The molecule has 6 nitrogen and oxygen atoms in total. The largest absolute Gasteiger partial charge is 0.486 e. The van der Waals surface area contributed by atoms with E-state index in [2.05, 4.69) is 34.5 Å². The highest BCUT2D eigenvalue weighted by Gasteiger charge is 2.10. The molecule has 0 amide bonds. The van der Waals surface area contributed by atoms with Gasteiger partial charge >= 0.3 is 0 Å². The Labute approximate surface area is 188 Å². The predicted molar refractivity (Wildman–Crippen MR) is 122 cm³/mol. The van der Waals surface area contributed by atoms with Crippen LogP contribution in [0.2, 0.25) is 5.02 Å². The van der Waals surface area contributed by atoms with Gasteiger partial charge in [0, 0.05) is 10.6 Å². The van der Waals surface area contributed by atoms with Gasteiger partial charge in [-0.25, -0.2) is 0 Å². The molecule has 0 atom stereocenters. The highest BCUT2D eigenvalue weighted by molar-refractivity contribution is 6.30. The minimum absolute atomic E-state index is 0.0106. The van der Waals surface area contributed by atoms with Crippen molar-refractivity contribution in [2.24, 2.45) is 0 Å². The number of hydrogen-bond acceptors (Lipinski definition) is 5. The number of ether oxygens (including phenoxy) is 1. The van der Waals surface area contributed by atoms with E-state index in [1.165, 1.54) is 48.9 Å². The first kappa shape index (κ1) is 22.9. The van der Waals surface area contributed by atoms with Crippen molar-refractivity contribution < 1.29 is 9.53 Å². The zero-order chi connectivity index (χ0) is 21.9. The van der Waals surface area contributed by atoms with Crippen molar-refractivity contribution in [3.63, 3.8) is 0 Å². The second-order valence-electron chi connectivity index (χ2n) is 7.64. The van der Waals surface area contributed by atoms with E-state index < -0.39 is 0 Å². The number of tetrazole rings is 1. The molecule has 7 heteroatoms. The number of nitrogens with zero attached hydrogens (tertiary/aromatic N) is 4. The summed E-state index contributed by atoms with van der Waals surface area (Å²) in [6, 6.07) is 15.1. The van der Waals surface area contributed by atoms with Crippen molar-refractivity contribution in [3.05, 3.63) is 59.1 Å². The van der Waals surface area contributed by atoms with Gasteiger partial charge in [0.05, 0.1) is 0 Å². The highest BCUT2D eigenvalue weighted by atomic mass is 35.5. The summed E-state index contributed by atoms with van der Waals surface area (Å²) in [5.74, 6) is 1.01. The fraction of sp³-hybridized carbons (Fsp3) is 0.417. The quantitative estimate of drug-likeness (QED) is 0.326. The average Bonchev–Trinajstić information content (AvgIpc) is 3.24. The Morgan fingerprint density at radius 2 is 1.68 bits per heavy atom. The molecule has 164 valence electrons. The first-order valence-corrected chi connectivity index (χ1v) is 11.3. The number of Topliss-reactive ketones (excluding diaryl/α,β-unsaturated/α-hetero) is 1. The molecule has 0 N–H and O–H groups in total. The standard InChI is InChI=1S/C24H29ClN4O2/c1-2-3-4-5-6-7-8-19-9-15-23(16-10-19)31-18-22(30)17-29-27-24(26-28-29)20-11-13-21(25)14-12-20/h9-16H,2-8,17-18H2,1H3. The van der Waals surface area contributed by atoms with Crippen LogP contribution < -0.4 is 4.74 Å². The summed E-state index contributed by atoms with van der Waals surface area (Å²) in [4.78, 5) is 13.5. The molecule has 0 bridgehead atoms. The molecular formula is C24H29ClN4O2. The van der Waals surface area contributed by atoms with Crippen molar-refractivity contribution in [2.45, 2.75) is 58.4 Å². The van der Waals surface area contributed by atoms with E-state index in [0.717, 1.165) is 12.0 Å². The Hall–Kier alpha value is -2.73. The first-order valence-electron chi connectivity index (χ1n) is 10.9. The first-order chi connectivity index (χ1) is 15.1. The zero-order valence-corrected chi connectivity index (χ0v) is 18.7. The van der Waals surface area contributed by atoms with Crippen LogP contribution in [-0.4, -0.2) is 32.6 Å². The topological polar surface area (TPSA) is 69.9 Å². The molecule has 3 aromatic rings. The minimum atomic E-state index is -0.129. The number of unbranched alkanes of at least 4 members (excludes halogenated alkanes) is 5. The Morgan fingerprint density at radius 1 is 0.968 bits per heavy atom. The molecule has 0 aliphatic heterocycles. The fourth-order valence-corrected chi connectivity index (χ4v) is 3.38. The third-order valence-corrected chi connectivity index (χ3v) is 5.27. The minimum Gasteiger partial charge on any atom is -0.486 e. The predicted octanol–water partition coefficient (Wildman–Crippen LogP) is 5.54. The molecule has 0 fully saturated rings. The van der Waals surface area contributed by atoms with Crippen LogP contribution in [0, 0.1) is 0 Å². The third kappa shape index (κ3) is 7.79. The van der Waals surface area contributed by atoms with Crippen LogP contribution in [-0.2, 0) is 17.8 Å². The lowest BCUT2D eigenvalue weighted by atomic mass is 10.0. The van der Waals surface area contributed by atoms with Crippen molar-refractivity contribution >= 4 is 17.4 Å². The maximum atomic E-state index is 12.2. The molecule has 3 rings (SSSR count). The monoisotopic (exact) mass is 440 g/mol. The van der Waals surface area contributed by atoms with Crippen LogP contribution in [0.4, 0.5) is 0 Å². The van der Waals surface area contributed by atoms with Crippen LogP contribution in [0.15, 0.2) is 48.5 Å². The van der Waals surface area contributed by atoms with Gasteiger partial charge in [-0.05, 0) is 60.0 Å². The normalized spacial score (nSPS) is 10.9. The van der Waals surface area contributed by atoms with E-state index in [4.69, 9.17) is 16.3 Å². The van der Waals surface area contributed by atoms with Gasteiger partial charge in [0.1, 0.15) is 18.9 Å². The molecule has 0 radical (unpaired) electrons. The number of rotatable bonds is 13. The zero-order valence-electron chi connectivity index (χ0n) is 18.0. The Bertz CT molecular complexity index is 939. The van der Waals surface area contributed by atoms with E-state index in [1.54, 1.807) is 12.1 Å². The van der Waals surface area contributed by atoms with Crippen LogP contribution in [0.25, 0.3) is 11.4 Å². The number of halogens is 1. The lowest BCUT2D eigenvalue weighted by Gasteiger charge is -2.07. The van der Waals surface area contributed by atoms with Gasteiger partial charge in [-0.1, -0.05) is 62.8 Å². The molecule has 0 aliphatic carbocycles. The van der Waals surface area contributed by atoms with Crippen molar-refractivity contribution in [1.82, 2.24) is 20.2 Å². The number of carbonyl (C=O) groups is 1. The number of aryl methyl sites for hydroxylation is 1. The maximum Gasteiger partial charge on any atom is 0.204 e. The molecule has 0 spiro atoms. The molecule has 2 aromatic carbocycles. The number of hydrogen-bond donors (Lipinski definition) is 0. The second-order valence-corrected chi connectivity index (χ2v) is 8.08. The molecule has 0 saturated heterocycles. The Balaban J connectivity index is 1.39. The smallest absolute Gasteiger partial charge is 0.204 e. The number of aromatic nitrogens is 4. The molecule has 1 aromatic heterocycles. The van der Waals surface area contributed by atoms with E-state index in [-0.39, 0.29) is 18.9 Å². The van der Waals surface area contributed by atoms with Crippen molar-refractivity contribution in [2.75, 3.05) is 6.61 Å². The summed E-state index contributed by atoms with van der Waals surface area (Å²) >= 11 is 5.89. The van der Waals surface area contributed by atoms with Crippen LogP contribution in [0.5, 0.6) is 5.75 Å². The lowest BCUT2D eigenvalue weighted by Crippen LogP contribution is -2.19. The van der Waals surface area contributed by atoms with Gasteiger partial charge in [0.15, 0.2) is 5.78 Å². The SMILES string of the molecule is CCCCCCCCc1ccc(OCC(=O)Cn2nnc(-c3ccc(Cl)cc3)n2)cc1. The van der Waals surface area contributed by atoms with Crippen LogP contribution in [0.1, 0.15) is 51.0 Å². The Morgan fingerprint density at radius 3 is 2.42 bits per heavy atom.